The van der Waals surface area contributed by atoms with E-state index in [0.29, 0.717) is 81.5 Å². The van der Waals surface area contributed by atoms with Crippen molar-refractivity contribution in [1.82, 2.24) is 19.0 Å². The van der Waals surface area contributed by atoms with E-state index in [1.807, 2.05) is 0 Å². The van der Waals surface area contributed by atoms with Crippen molar-refractivity contribution in [3.05, 3.63) is 80.3 Å². The van der Waals surface area contributed by atoms with Crippen LogP contribution in [-0.4, -0.2) is 51.4 Å². The number of nitrogens with one attached hydrogen (secondary N) is 1. The number of aryl methyl sites for hydroxylation is 2. The van der Waals surface area contributed by atoms with Crippen molar-refractivity contribution < 1.29 is 17.9 Å². The molecule has 0 aliphatic carbocycles. The quantitative estimate of drug-likeness (QED) is 0.335. The summed E-state index contributed by atoms with van der Waals surface area (Å²) < 4.78 is 56.8. The van der Waals surface area contributed by atoms with Gasteiger partial charge in [-0.15, -0.1) is 6.58 Å². The Morgan fingerprint density at radius 1 is 1.02 bits per heavy atom. The van der Waals surface area contributed by atoms with E-state index in [0.717, 1.165) is 19.3 Å². The molecule has 0 radical (unpaired) electrons. The summed E-state index contributed by atoms with van der Waals surface area (Å²) in [5, 5.41) is 3.68. The number of rotatable bonds is 2. The topological polar surface area (TPSA) is 81.4 Å². The average Bonchev–Trinajstić information content (AvgIpc) is 3.06. The van der Waals surface area contributed by atoms with E-state index in [1.54, 1.807) is 17.7 Å². The van der Waals surface area contributed by atoms with Crippen LogP contribution < -0.4 is 16.6 Å². The SMILES string of the molecule is C=C[C@H]1Nc2nc(=O)n(c3c2cc(C2CCOCC2)c(=O)n3C)CCCCCC(C)N2CCC(CC2)C(F)(F)c2cccc1c2F. The van der Waals surface area contributed by atoms with Gasteiger partial charge in [-0.05, 0) is 70.5 Å². The number of aromatic nitrogens is 3. The van der Waals surface area contributed by atoms with Gasteiger partial charge in [0.05, 0.1) is 17.0 Å². The molecule has 2 saturated heterocycles. The van der Waals surface area contributed by atoms with Crippen molar-refractivity contribution in [2.24, 2.45) is 13.0 Å². The van der Waals surface area contributed by atoms with Crippen molar-refractivity contribution >= 4 is 16.9 Å². The van der Waals surface area contributed by atoms with E-state index in [-0.39, 0.29) is 28.9 Å². The standard InChI is InChI=1S/C35H44F3N5O3/c1-4-29-25-10-8-11-28(30(25)36)35(37,38)24-12-17-42(18-13-24)22(2)9-6-5-7-16-43-32-27(31(39-29)40-34(43)45)21-26(33(44)41(32)3)23-14-19-46-20-15-23/h4,8,10-11,21-24,29H,1,5-7,9,12-20H2,2-3H3,(H,39,40,45)/t22?,29-/m1/s1. The number of halogens is 3. The number of nitrogens with zero attached hydrogens (tertiary/aromatic N) is 4. The van der Waals surface area contributed by atoms with E-state index < -0.39 is 35.0 Å². The molecule has 0 spiro atoms. The van der Waals surface area contributed by atoms with Crippen LogP contribution in [0.15, 0.2) is 46.5 Å². The van der Waals surface area contributed by atoms with Crippen molar-refractivity contribution in [2.45, 2.75) is 88.8 Å². The number of piperidine rings is 1. The Kier molecular flexibility index (Phi) is 9.43. The number of hydrogen-bond donors (Lipinski definition) is 1. The predicted molar refractivity (Wildman–Crippen MR) is 173 cm³/mol. The first-order valence-electron chi connectivity index (χ1n) is 16.6. The highest BCUT2D eigenvalue weighted by Crippen LogP contribution is 2.44. The number of alkyl halides is 2. The van der Waals surface area contributed by atoms with Gasteiger partial charge < -0.3 is 15.0 Å². The second-order valence-electron chi connectivity index (χ2n) is 13.2. The van der Waals surface area contributed by atoms with Gasteiger partial charge in [-0.3, -0.25) is 13.9 Å². The van der Waals surface area contributed by atoms with Gasteiger partial charge in [0.25, 0.3) is 11.5 Å². The fourth-order valence-corrected chi connectivity index (χ4v) is 7.62. The lowest BCUT2D eigenvalue weighted by atomic mass is 9.84. The minimum Gasteiger partial charge on any atom is -0.381 e. The highest BCUT2D eigenvalue weighted by atomic mass is 19.3. The van der Waals surface area contributed by atoms with Crippen LogP contribution in [-0.2, 0) is 24.3 Å². The Labute approximate surface area is 267 Å². The van der Waals surface area contributed by atoms with Crippen LogP contribution in [0.2, 0.25) is 0 Å². The predicted octanol–water partition coefficient (Wildman–Crippen LogP) is 6.23. The molecule has 46 heavy (non-hydrogen) atoms. The van der Waals surface area contributed by atoms with Crippen LogP contribution in [0.5, 0.6) is 0 Å². The van der Waals surface area contributed by atoms with Crippen molar-refractivity contribution in [3.63, 3.8) is 0 Å². The third-order valence-electron chi connectivity index (χ3n) is 10.4. The summed E-state index contributed by atoms with van der Waals surface area (Å²) in [5.74, 6) is -5.20. The molecule has 0 saturated carbocycles. The normalized spacial score (nSPS) is 26.1. The summed E-state index contributed by atoms with van der Waals surface area (Å²) in [5.41, 5.74) is -0.349. The summed E-state index contributed by atoms with van der Waals surface area (Å²) in [6, 6.07) is 5.12. The molecule has 2 aromatic heterocycles. The maximum Gasteiger partial charge on any atom is 0.351 e. The average molecular weight is 640 g/mol. The van der Waals surface area contributed by atoms with Gasteiger partial charge in [-0.1, -0.05) is 37.1 Å². The molecule has 8 nitrogen and oxygen atoms in total. The van der Waals surface area contributed by atoms with E-state index in [1.165, 1.54) is 28.8 Å². The van der Waals surface area contributed by atoms with Crippen LogP contribution >= 0.6 is 0 Å². The van der Waals surface area contributed by atoms with E-state index in [9.17, 15) is 9.59 Å². The molecule has 11 heteroatoms. The molecule has 1 unspecified atom stereocenters. The molecule has 6 aliphatic heterocycles. The van der Waals surface area contributed by atoms with Crippen LogP contribution in [0.3, 0.4) is 0 Å². The van der Waals surface area contributed by atoms with Gasteiger partial charge in [0.15, 0.2) is 0 Å². The van der Waals surface area contributed by atoms with E-state index >= 15 is 13.2 Å². The number of pyridine rings is 1. The minimum absolute atomic E-state index is 0.0127. The summed E-state index contributed by atoms with van der Waals surface area (Å²) in [6.45, 7) is 8.57. The highest BCUT2D eigenvalue weighted by molar-refractivity contribution is 5.88. The molecule has 0 amide bonds. The first-order chi connectivity index (χ1) is 22.1. The molecule has 1 N–H and O–H groups in total. The minimum atomic E-state index is -3.36. The Morgan fingerprint density at radius 3 is 2.48 bits per heavy atom. The van der Waals surface area contributed by atoms with Crippen LogP contribution in [0.1, 0.15) is 86.9 Å². The van der Waals surface area contributed by atoms with Gasteiger partial charge in [0.1, 0.15) is 17.3 Å². The number of ether oxygens (including phenoxy) is 1. The highest BCUT2D eigenvalue weighted by Gasteiger charge is 2.45. The zero-order valence-electron chi connectivity index (χ0n) is 26.7. The van der Waals surface area contributed by atoms with Gasteiger partial charge in [-0.2, -0.15) is 4.98 Å². The first-order valence-corrected chi connectivity index (χ1v) is 16.6. The maximum atomic E-state index is 16.2. The molecule has 9 rings (SSSR count). The van der Waals surface area contributed by atoms with Gasteiger partial charge >= 0.3 is 5.69 Å². The Balaban J connectivity index is 1.50. The second-order valence-corrected chi connectivity index (χ2v) is 13.2. The van der Waals surface area contributed by atoms with Gasteiger partial charge in [0.2, 0.25) is 0 Å². The smallest absolute Gasteiger partial charge is 0.351 e. The second kappa shape index (κ2) is 13.4. The molecule has 6 bridgehead atoms. The monoisotopic (exact) mass is 639 g/mol. The Hall–Kier alpha value is -3.44. The zero-order valence-corrected chi connectivity index (χ0v) is 26.7. The molecule has 2 fully saturated rings. The summed E-state index contributed by atoms with van der Waals surface area (Å²) >= 11 is 0. The Morgan fingerprint density at radius 2 is 1.76 bits per heavy atom. The summed E-state index contributed by atoms with van der Waals surface area (Å²) in [4.78, 5) is 34.0. The van der Waals surface area contributed by atoms with Crippen LogP contribution in [0, 0.1) is 11.7 Å². The number of anilines is 1. The van der Waals surface area contributed by atoms with Crippen LogP contribution in [0.25, 0.3) is 11.0 Å². The van der Waals surface area contributed by atoms with Crippen molar-refractivity contribution in [1.29, 1.82) is 0 Å². The molecule has 8 heterocycles. The molecule has 6 aliphatic rings. The third-order valence-corrected chi connectivity index (χ3v) is 10.4. The number of benzene rings is 1. The lowest BCUT2D eigenvalue weighted by Gasteiger charge is -2.39. The summed E-state index contributed by atoms with van der Waals surface area (Å²) in [7, 11) is 1.66. The van der Waals surface area contributed by atoms with Crippen molar-refractivity contribution in [2.75, 3.05) is 31.6 Å². The first kappa shape index (κ1) is 32.5. The lowest BCUT2D eigenvalue weighted by Crippen LogP contribution is -2.43. The lowest BCUT2D eigenvalue weighted by molar-refractivity contribution is -0.0907. The van der Waals surface area contributed by atoms with E-state index in [2.05, 4.69) is 28.7 Å². The fourth-order valence-electron chi connectivity index (χ4n) is 7.62. The maximum absolute atomic E-state index is 16.2. The molecular weight excluding hydrogens is 595 g/mol. The molecular formula is C35H44F3N5O3. The molecule has 3 aromatic rings. The summed E-state index contributed by atoms with van der Waals surface area (Å²) in [6.07, 6.45) is 6.80. The molecule has 2 atom stereocenters. The van der Waals surface area contributed by atoms with Crippen molar-refractivity contribution in [3.8, 4) is 0 Å². The van der Waals surface area contributed by atoms with Crippen LogP contribution in [0.4, 0.5) is 19.0 Å². The molecule has 1 aromatic carbocycles. The third kappa shape index (κ3) is 6.03. The Bertz CT molecular complexity index is 1710. The van der Waals surface area contributed by atoms with Gasteiger partial charge in [-0.25, -0.2) is 18.0 Å². The zero-order chi connectivity index (χ0) is 32.6. The molecule has 248 valence electrons. The van der Waals surface area contributed by atoms with Gasteiger partial charge in [0, 0.05) is 49.9 Å². The largest absolute Gasteiger partial charge is 0.381 e. The number of hydrogen-bond acceptors (Lipinski definition) is 6. The van der Waals surface area contributed by atoms with E-state index in [4.69, 9.17) is 4.74 Å². The fraction of sp³-hybridized carbons (Fsp3) is 0.571.